The molecule has 3 aliphatic heterocycles. The van der Waals surface area contributed by atoms with Crippen molar-refractivity contribution in [1.29, 1.82) is 0 Å². The molecule has 2 amide bonds. The van der Waals surface area contributed by atoms with Crippen molar-refractivity contribution in [3.8, 4) is 0 Å². The van der Waals surface area contributed by atoms with Crippen LogP contribution in [0.4, 0.5) is 16.2 Å². The summed E-state index contributed by atoms with van der Waals surface area (Å²) in [5.74, 6) is -2.09. The van der Waals surface area contributed by atoms with Gasteiger partial charge in [0.2, 0.25) is 11.9 Å². The molecule has 3 fully saturated rings. The molecule has 4 aromatic heterocycles. The lowest BCUT2D eigenvalue weighted by Gasteiger charge is -2.20. The zero-order valence-corrected chi connectivity index (χ0v) is 29.7. The molecule has 0 aliphatic carbocycles. The van der Waals surface area contributed by atoms with Crippen molar-refractivity contribution >= 4 is 56.0 Å². The second-order valence-corrected chi connectivity index (χ2v) is 15.0. The number of ether oxygens (including phenoxy) is 2. The van der Waals surface area contributed by atoms with E-state index in [1.165, 1.54) is 21.8 Å². The van der Waals surface area contributed by atoms with Crippen LogP contribution in [0.1, 0.15) is 43.1 Å². The van der Waals surface area contributed by atoms with Crippen molar-refractivity contribution < 1.29 is 50.9 Å². The monoisotopic (exact) mass is 784 g/mol. The van der Waals surface area contributed by atoms with Crippen molar-refractivity contribution in [2.75, 3.05) is 23.0 Å². The molecule has 0 unspecified atom stereocenters. The molecule has 0 radical (unpaired) electrons. The Morgan fingerprint density at radius 1 is 0.964 bits per heavy atom. The summed E-state index contributed by atoms with van der Waals surface area (Å²) < 4.78 is 62.7. The van der Waals surface area contributed by atoms with E-state index in [9.17, 15) is 27.9 Å². The van der Waals surface area contributed by atoms with E-state index in [1.54, 1.807) is 44.2 Å². The molecule has 0 saturated carbocycles. The summed E-state index contributed by atoms with van der Waals surface area (Å²) in [5, 5.41) is 16.6. The van der Waals surface area contributed by atoms with Crippen molar-refractivity contribution in [3.63, 3.8) is 0 Å². The summed E-state index contributed by atoms with van der Waals surface area (Å²) in [6, 6.07) is 8.37. The second kappa shape index (κ2) is 14.4. The second-order valence-electron chi connectivity index (χ2n) is 13.3. The Morgan fingerprint density at radius 2 is 1.69 bits per heavy atom. The van der Waals surface area contributed by atoms with Gasteiger partial charge in [-0.05, 0) is 18.6 Å². The quantitative estimate of drug-likeness (QED) is 0.137. The highest BCUT2D eigenvalue weighted by Gasteiger charge is 2.52. The van der Waals surface area contributed by atoms with Gasteiger partial charge in [0, 0.05) is 11.5 Å². The first-order valence-electron chi connectivity index (χ1n) is 17.0. The van der Waals surface area contributed by atoms with Gasteiger partial charge in [-0.3, -0.25) is 38.0 Å². The number of aromatic nitrogens is 8. The molecule has 1 aromatic carbocycles. The maximum Gasteiger partial charge on any atom is 0.280 e. The van der Waals surface area contributed by atoms with Crippen LogP contribution in [0.25, 0.3) is 22.3 Å². The maximum atomic E-state index is 16.2. The molecule has 0 spiro atoms. The van der Waals surface area contributed by atoms with E-state index in [4.69, 9.17) is 23.4 Å². The van der Waals surface area contributed by atoms with Gasteiger partial charge in [-0.2, -0.15) is 13.4 Å². The predicted octanol–water partition coefficient (Wildman–Crippen LogP) is 0.736. The molecular weight excluding hydrogens is 751 g/mol. The predicted molar refractivity (Wildman–Crippen MR) is 184 cm³/mol. The number of fused-ring (bicyclic) bond motifs is 4. The van der Waals surface area contributed by atoms with E-state index in [2.05, 4.69) is 40.5 Å². The number of carbonyl (C=O) groups is 2. The molecule has 8 atom stereocenters. The Balaban J connectivity index is 1.01. The number of alkyl halides is 1. The minimum atomic E-state index is -4.47. The molecule has 4 N–H and O–H groups in total. The van der Waals surface area contributed by atoms with Crippen LogP contribution < -0.4 is 16.2 Å². The topological polar surface area (TPSA) is 266 Å². The molecule has 0 bridgehead atoms. The van der Waals surface area contributed by atoms with Gasteiger partial charge in [0.1, 0.15) is 37.4 Å². The molecular formula is C32H33FN10O11S. The number of aromatic amines is 1. The number of hydrogen-bond acceptors (Lipinski definition) is 16. The van der Waals surface area contributed by atoms with E-state index in [0.717, 1.165) is 6.33 Å². The van der Waals surface area contributed by atoms with Gasteiger partial charge in [0.25, 0.3) is 21.6 Å². The summed E-state index contributed by atoms with van der Waals surface area (Å²) >= 11 is 0. The summed E-state index contributed by atoms with van der Waals surface area (Å²) in [6.07, 6.45) is -8.63. The van der Waals surface area contributed by atoms with Crippen LogP contribution in [0.5, 0.6) is 0 Å². The Labute approximate surface area is 309 Å². The van der Waals surface area contributed by atoms with Crippen LogP contribution in [-0.2, 0) is 38.3 Å². The minimum absolute atomic E-state index is 0.0468. The number of H-pyrrole nitrogens is 1. The number of carbonyl (C=O) groups excluding carboxylic acids is 2. The molecule has 23 heteroatoms. The molecule has 21 nitrogen and oxygen atoms in total. The van der Waals surface area contributed by atoms with Crippen LogP contribution in [0, 0.1) is 5.92 Å². The Bertz CT molecular complexity index is 2430. The van der Waals surface area contributed by atoms with E-state index >= 15 is 4.39 Å². The minimum Gasteiger partial charge on any atom is -0.385 e. The lowest BCUT2D eigenvalue weighted by molar-refractivity contribution is -0.350. The highest BCUT2D eigenvalue weighted by Crippen LogP contribution is 2.39. The van der Waals surface area contributed by atoms with Crippen LogP contribution in [0.3, 0.4) is 0 Å². The fourth-order valence-corrected chi connectivity index (χ4v) is 7.65. The number of nitrogens with one attached hydrogen (secondary N) is 3. The first-order chi connectivity index (χ1) is 26.4. The van der Waals surface area contributed by atoms with Crippen LogP contribution >= 0.6 is 0 Å². The van der Waals surface area contributed by atoms with Crippen molar-refractivity contribution in [2.45, 2.75) is 69.4 Å². The average Bonchev–Trinajstić information content (AvgIpc) is 3.92. The standard InChI is InChI=1S/C32H33FN10O11S/c1-14(2)27(45)40-32-39-26-20(29(47)41-32)37-13-43(26)31-21(44)23-16(51-31)8-9-55(48,49)54-22-17(10-50-53-23)52-30(18(22)33)42-12-36-19-24(34-11-35-25(19)42)38-28(46)15-6-4-3-5-7-15/h3-7,11-14,16-18,21-23,30-31,44H,8-10H2,1-2H3,(H,34,35,38,46)(H2,39,40,41,45,47)/t16-,17-,18-,21-,22-,23-,30-,31-/m1/s1. The SMILES string of the molecule is CC(C)C(=O)Nc1nc2c(ncn2[C@@H]2O[C@@H]3CCS(=O)(=O)O[C@H]4[C@@H](F)[C@H](n5cnc6c(NC(=O)c7ccccc7)ncnc65)O[C@@H]4COO[C@H]3[C@H]2O)c(=O)[nH]1. The first kappa shape index (κ1) is 36.7. The molecule has 3 aliphatic rings. The number of imidazole rings is 2. The van der Waals surface area contributed by atoms with E-state index in [-0.39, 0.29) is 40.5 Å². The van der Waals surface area contributed by atoms with Crippen molar-refractivity contribution in [2.24, 2.45) is 5.92 Å². The Hall–Kier alpha value is -5.30. The van der Waals surface area contributed by atoms with Crippen molar-refractivity contribution in [3.05, 3.63) is 65.2 Å². The third-order valence-electron chi connectivity index (χ3n) is 9.27. The number of halogens is 1. The highest BCUT2D eigenvalue weighted by atomic mass is 32.2. The number of hydrogen-bond donors (Lipinski definition) is 4. The average molecular weight is 785 g/mol. The number of aliphatic hydroxyl groups is 1. The first-order valence-corrected chi connectivity index (χ1v) is 18.6. The zero-order chi connectivity index (χ0) is 38.6. The molecule has 7 heterocycles. The number of aliphatic hydroxyl groups excluding tert-OH is 1. The van der Waals surface area contributed by atoms with E-state index < -0.39 is 94.9 Å². The maximum absolute atomic E-state index is 16.2. The van der Waals surface area contributed by atoms with Gasteiger partial charge in [-0.15, -0.1) is 0 Å². The smallest absolute Gasteiger partial charge is 0.280 e. The number of nitrogens with zero attached hydrogens (tertiary/aromatic N) is 7. The molecule has 55 heavy (non-hydrogen) atoms. The van der Waals surface area contributed by atoms with Gasteiger partial charge >= 0.3 is 0 Å². The summed E-state index contributed by atoms with van der Waals surface area (Å²) in [4.78, 5) is 72.2. The molecule has 290 valence electrons. The molecule has 5 aromatic rings. The van der Waals surface area contributed by atoms with Gasteiger partial charge in [-0.25, -0.2) is 34.1 Å². The van der Waals surface area contributed by atoms with Gasteiger partial charge < -0.3 is 19.9 Å². The molecule has 8 rings (SSSR count). The zero-order valence-electron chi connectivity index (χ0n) is 28.9. The Morgan fingerprint density at radius 3 is 2.45 bits per heavy atom. The lowest BCUT2D eigenvalue weighted by atomic mass is 10.1. The van der Waals surface area contributed by atoms with E-state index in [0.29, 0.717) is 5.56 Å². The summed E-state index contributed by atoms with van der Waals surface area (Å²) in [7, 11) is -4.47. The van der Waals surface area contributed by atoms with Crippen LogP contribution in [0.2, 0.25) is 0 Å². The number of rotatable bonds is 6. The van der Waals surface area contributed by atoms with Gasteiger partial charge in [0.05, 0.1) is 24.5 Å². The fraction of sp³-hybridized carbons (Fsp3) is 0.438. The fourth-order valence-electron chi connectivity index (χ4n) is 6.46. The van der Waals surface area contributed by atoms with Gasteiger partial charge in [0.15, 0.2) is 46.8 Å². The van der Waals surface area contributed by atoms with Crippen LogP contribution in [0.15, 0.2) is 54.1 Å². The number of amides is 2. The summed E-state index contributed by atoms with van der Waals surface area (Å²) in [6.45, 7) is 2.76. The Kier molecular flexibility index (Phi) is 9.60. The normalized spacial score (nSPS) is 28.1. The largest absolute Gasteiger partial charge is 0.385 e. The van der Waals surface area contributed by atoms with Gasteiger partial charge in [-0.1, -0.05) is 32.0 Å². The van der Waals surface area contributed by atoms with Crippen LogP contribution in [-0.4, -0.2) is 113 Å². The third kappa shape index (κ3) is 6.94. The van der Waals surface area contributed by atoms with E-state index in [1.807, 2.05) is 0 Å². The summed E-state index contributed by atoms with van der Waals surface area (Å²) in [5.41, 5.74) is -0.288. The highest BCUT2D eigenvalue weighted by molar-refractivity contribution is 7.86. The van der Waals surface area contributed by atoms with Crippen molar-refractivity contribution in [1.82, 2.24) is 39.0 Å². The third-order valence-corrected chi connectivity index (χ3v) is 10.5. The number of anilines is 2. The lowest BCUT2D eigenvalue weighted by Crippen LogP contribution is -2.37. The number of benzene rings is 1. The molecule has 3 saturated heterocycles.